The molecule has 2 heteroatoms. The summed E-state index contributed by atoms with van der Waals surface area (Å²) < 4.78 is 12.3. The fourth-order valence-corrected chi connectivity index (χ4v) is 2.33. The standard InChI is InChI=1S/C17H32O2/c1-9-10-16(8)17(15(6)7,18-11-13(2)3)19-12-14(4)5/h15-16H,2,4,9-12H2,1,3,5-8H3. The number of hydrogen-bond acceptors (Lipinski definition) is 2. The summed E-state index contributed by atoms with van der Waals surface area (Å²) in [7, 11) is 0. The number of hydrogen-bond donors (Lipinski definition) is 0. The van der Waals surface area contributed by atoms with E-state index in [9.17, 15) is 0 Å². The first-order chi connectivity index (χ1) is 8.76. The topological polar surface area (TPSA) is 18.5 Å². The van der Waals surface area contributed by atoms with Gasteiger partial charge in [0.2, 0.25) is 0 Å². The molecule has 0 spiro atoms. The van der Waals surface area contributed by atoms with Gasteiger partial charge in [0.25, 0.3) is 0 Å². The molecule has 0 heterocycles. The van der Waals surface area contributed by atoms with E-state index in [0.717, 1.165) is 24.0 Å². The van der Waals surface area contributed by atoms with E-state index in [2.05, 4.69) is 40.9 Å². The van der Waals surface area contributed by atoms with Crippen LogP contribution in [0.1, 0.15) is 54.4 Å². The van der Waals surface area contributed by atoms with E-state index in [1.54, 1.807) is 0 Å². The van der Waals surface area contributed by atoms with Crippen molar-refractivity contribution in [2.75, 3.05) is 13.2 Å². The molecule has 0 rings (SSSR count). The minimum Gasteiger partial charge on any atom is -0.345 e. The maximum atomic E-state index is 6.15. The fraction of sp³-hybridized carbons (Fsp3) is 0.765. The summed E-state index contributed by atoms with van der Waals surface area (Å²) in [6.07, 6.45) is 2.22. The van der Waals surface area contributed by atoms with Crippen molar-refractivity contribution in [3.8, 4) is 0 Å². The summed E-state index contributed by atoms with van der Waals surface area (Å²) in [5.41, 5.74) is 2.04. The van der Waals surface area contributed by atoms with Crippen LogP contribution < -0.4 is 0 Å². The third-order valence-electron chi connectivity index (χ3n) is 3.30. The van der Waals surface area contributed by atoms with Crippen molar-refractivity contribution in [2.24, 2.45) is 11.8 Å². The normalized spacial score (nSPS) is 13.6. The van der Waals surface area contributed by atoms with Gasteiger partial charge < -0.3 is 9.47 Å². The van der Waals surface area contributed by atoms with Crippen LogP contribution >= 0.6 is 0 Å². The first-order valence-corrected chi connectivity index (χ1v) is 7.32. The molecule has 0 aromatic rings. The van der Waals surface area contributed by atoms with Crippen LogP contribution in [0.4, 0.5) is 0 Å². The summed E-state index contributed by atoms with van der Waals surface area (Å²) in [4.78, 5) is 0. The highest BCUT2D eigenvalue weighted by Crippen LogP contribution is 2.35. The summed E-state index contributed by atoms with van der Waals surface area (Å²) >= 11 is 0. The molecule has 0 bridgehead atoms. The van der Waals surface area contributed by atoms with Crippen LogP contribution in [0, 0.1) is 11.8 Å². The fourth-order valence-electron chi connectivity index (χ4n) is 2.33. The Morgan fingerprint density at radius 3 is 1.68 bits per heavy atom. The van der Waals surface area contributed by atoms with Gasteiger partial charge in [0.05, 0.1) is 13.2 Å². The van der Waals surface area contributed by atoms with E-state index in [1.165, 1.54) is 0 Å². The van der Waals surface area contributed by atoms with Crippen LogP contribution in [0.3, 0.4) is 0 Å². The zero-order valence-electron chi connectivity index (χ0n) is 13.7. The van der Waals surface area contributed by atoms with E-state index in [1.807, 2.05) is 13.8 Å². The molecule has 0 aliphatic rings. The Kier molecular flexibility index (Phi) is 8.28. The molecular weight excluding hydrogens is 236 g/mol. The molecule has 0 amide bonds. The second-order valence-corrected chi connectivity index (χ2v) is 6.06. The van der Waals surface area contributed by atoms with Crippen molar-refractivity contribution in [1.82, 2.24) is 0 Å². The first-order valence-electron chi connectivity index (χ1n) is 7.32. The lowest BCUT2D eigenvalue weighted by Crippen LogP contribution is -2.48. The minimum atomic E-state index is -0.548. The van der Waals surface area contributed by atoms with Gasteiger partial charge in [-0.05, 0) is 20.3 Å². The SMILES string of the molecule is C=C(C)COC(OCC(=C)C)(C(C)C)C(C)CCC. The number of rotatable bonds is 10. The van der Waals surface area contributed by atoms with Crippen LogP contribution in [0.25, 0.3) is 0 Å². The molecule has 1 unspecified atom stereocenters. The molecule has 112 valence electrons. The van der Waals surface area contributed by atoms with Crippen molar-refractivity contribution in [1.29, 1.82) is 0 Å². The quantitative estimate of drug-likeness (QED) is 0.412. The lowest BCUT2D eigenvalue weighted by atomic mass is 9.86. The van der Waals surface area contributed by atoms with Crippen molar-refractivity contribution >= 4 is 0 Å². The Balaban J connectivity index is 5.08. The van der Waals surface area contributed by atoms with E-state index >= 15 is 0 Å². The van der Waals surface area contributed by atoms with Gasteiger partial charge in [-0.25, -0.2) is 0 Å². The Labute approximate surface area is 119 Å². The molecule has 0 N–H and O–H groups in total. The second kappa shape index (κ2) is 8.55. The molecule has 0 aromatic carbocycles. The Morgan fingerprint density at radius 2 is 1.42 bits per heavy atom. The van der Waals surface area contributed by atoms with Gasteiger partial charge in [-0.2, -0.15) is 0 Å². The maximum Gasteiger partial charge on any atom is 0.173 e. The van der Waals surface area contributed by atoms with E-state index in [4.69, 9.17) is 9.47 Å². The molecule has 1 atom stereocenters. The van der Waals surface area contributed by atoms with Crippen molar-refractivity contribution in [3.63, 3.8) is 0 Å². The molecule has 0 saturated heterocycles. The average Bonchev–Trinajstić information content (AvgIpc) is 2.28. The van der Waals surface area contributed by atoms with Crippen LogP contribution in [-0.2, 0) is 9.47 Å². The molecule has 0 aliphatic heterocycles. The molecule has 2 nitrogen and oxygen atoms in total. The van der Waals surface area contributed by atoms with E-state index in [-0.39, 0.29) is 5.92 Å². The van der Waals surface area contributed by atoms with E-state index in [0.29, 0.717) is 19.1 Å². The van der Waals surface area contributed by atoms with E-state index < -0.39 is 5.79 Å². The van der Waals surface area contributed by atoms with Crippen LogP contribution in [0.15, 0.2) is 24.3 Å². The Bertz CT molecular complexity index is 274. The summed E-state index contributed by atoms with van der Waals surface area (Å²) in [6, 6.07) is 0. The van der Waals surface area contributed by atoms with Crippen molar-refractivity contribution in [3.05, 3.63) is 24.3 Å². The lowest BCUT2D eigenvalue weighted by molar-refractivity contribution is -0.281. The highest BCUT2D eigenvalue weighted by Gasteiger charge is 2.41. The highest BCUT2D eigenvalue weighted by atomic mass is 16.7. The lowest BCUT2D eigenvalue weighted by Gasteiger charge is -2.42. The minimum absolute atomic E-state index is 0.285. The predicted octanol–water partition coefficient (Wildman–Crippen LogP) is 4.96. The van der Waals surface area contributed by atoms with Gasteiger partial charge in [-0.1, -0.05) is 58.4 Å². The predicted molar refractivity (Wildman–Crippen MR) is 83.2 cm³/mol. The zero-order valence-corrected chi connectivity index (χ0v) is 13.7. The smallest absolute Gasteiger partial charge is 0.173 e. The first kappa shape index (κ1) is 18.4. The third-order valence-corrected chi connectivity index (χ3v) is 3.30. The monoisotopic (exact) mass is 268 g/mol. The maximum absolute atomic E-state index is 6.15. The van der Waals surface area contributed by atoms with Crippen LogP contribution in [0.2, 0.25) is 0 Å². The molecule has 0 aliphatic carbocycles. The highest BCUT2D eigenvalue weighted by molar-refractivity contribution is 4.93. The zero-order chi connectivity index (χ0) is 15.1. The Hall–Kier alpha value is -0.600. The van der Waals surface area contributed by atoms with Crippen molar-refractivity contribution < 1.29 is 9.47 Å². The molecular formula is C17H32O2. The molecule has 0 saturated carbocycles. The van der Waals surface area contributed by atoms with Crippen LogP contribution in [0.5, 0.6) is 0 Å². The van der Waals surface area contributed by atoms with Gasteiger partial charge in [0.1, 0.15) is 0 Å². The number of ether oxygens (including phenoxy) is 2. The molecule has 0 radical (unpaired) electrons. The average molecular weight is 268 g/mol. The summed E-state index contributed by atoms with van der Waals surface area (Å²) in [5, 5.41) is 0. The van der Waals surface area contributed by atoms with Crippen molar-refractivity contribution in [2.45, 2.75) is 60.2 Å². The van der Waals surface area contributed by atoms with Gasteiger partial charge in [0, 0.05) is 11.8 Å². The molecule has 19 heavy (non-hydrogen) atoms. The molecule has 0 fully saturated rings. The summed E-state index contributed by atoms with van der Waals surface area (Å²) in [5.74, 6) is 0.0809. The van der Waals surface area contributed by atoms with Crippen LogP contribution in [-0.4, -0.2) is 19.0 Å². The van der Waals surface area contributed by atoms with Gasteiger partial charge in [-0.3, -0.25) is 0 Å². The largest absolute Gasteiger partial charge is 0.345 e. The summed E-state index contributed by atoms with van der Waals surface area (Å²) in [6.45, 7) is 21.6. The van der Waals surface area contributed by atoms with Gasteiger partial charge >= 0.3 is 0 Å². The van der Waals surface area contributed by atoms with Gasteiger partial charge in [0.15, 0.2) is 5.79 Å². The second-order valence-electron chi connectivity index (χ2n) is 6.06. The third kappa shape index (κ3) is 5.92. The van der Waals surface area contributed by atoms with Gasteiger partial charge in [-0.15, -0.1) is 0 Å². The molecule has 0 aromatic heterocycles. The Morgan fingerprint density at radius 1 is 1.00 bits per heavy atom.